The number of hydrogen-bond acceptors (Lipinski definition) is 6. The summed E-state index contributed by atoms with van der Waals surface area (Å²) in [7, 11) is 0. The van der Waals surface area contributed by atoms with Gasteiger partial charge in [-0.3, -0.25) is 4.79 Å². The van der Waals surface area contributed by atoms with Crippen molar-refractivity contribution in [1.82, 2.24) is 5.32 Å². The molecule has 8 heteroatoms. The van der Waals surface area contributed by atoms with Crippen molar-refractivity contribution in [2.75, 3.05) is 13.2 Å². The van der Waals surface area contributed by atoms with Gasteiger partial charge in [0.05, 0.1) is 0 Å². The number of halogens is 1. The predicted octanol–water partition coefficient (Wildman–Crippen LogP) is 3.18. The predicted molar refractivity (Wildman–Crippen MR) is 103 cm³/mol. The average Bonchev–Trinajstić information content (AvgIpc) is 2.66. The molecular weight excluding hydrogens is 386 g/mol. The maximum Gasteiger partial charge on any atom is 0.349 e. The second-order valence-electron chi connectivity index (χ2n) is 5.73. The number of fused-ring (bicyclic) bond motifs is 1. The smallest absolute Gasteiger partial charge is 0.349 e. The van der Waals surface area contributed by atoms with Crippen molar-refractivity contribution in [3.05, 3.63) is 69.5 Å². The molecule has 0 aliphatic rings. The summed E-state index contributed by atoms with van der Waals surface area (Å²) in [5.41, 5.74) is -0.667. The topological polar surface area (TPSA) is 94.8 Å². The highest BCUT2D eigenvalue weighted by Gasteiger charge is 2.14. The van der Waals surface area contributed by atoms with E-state index in [0.717, 1.165) is 0 Å². The van der Waals surface area contributed by atoms with Crippen LogP contribution in [0.2, 0.25) is 5.02 Å². The Kier molecular flexibility index (Phi) is 5.96. The van der Waals surface area contributed by atoms with Gasteiger partial charge in [-0.2, -0.15) is 0 Å². The first-order valence-electron chi connectivity index (χ1n) is 8.41. The van der Waals surface area contributed by atoms with Crippen molar-refractivity contribution in [2.24, 2.45) is 0 Å². The lowest BCUT2D eigenvalue weighted by Gasteiger charge is -2.08. The third-order valence-corrected chi connectivity index (χ3v) is 3.91. The Bertz CT molecular complexity index is 1090. The van der Waals surface area contributed by atoms with Crippen LogP contribution in [0.5, 0.6) is 11.5 Å². The maximum absolute atomic E-state index is 12.0. The summed E-state index contributed by atoms with van der Waals surface area (Å²) in [6, 6.07) is 12.6. The molecule has 0 aliphatic carbocycles. The first-order chi connectivity index (χ1) is 13.5. The second-order valence-corrected chi connectivity index (χ2v) is 6.16. The number of carbonyl (C=O) groups is 2. The average molecular weight is 402 g/mol. The minimum Gasteiger partial charge on any atom is -0.482 e. The third-order valence-electron chi connectivity index (χ3n) is 3.67. The zero-order valence-corrected chi connectivity index (χ0v) is 15.6. The largest absolute Gasteiger partial charge is 0.482 e. The summed E-state index contributed by atoms with van der Waals surface area (Å²) in [6.07, 6.45) is 0. The molecule has 144 valence electrons. The Labute approximate surface area is 164 Å². The van der Waals surface area contributed by atoms with Gasteiger partial charge in [0.2, 0.25) is 0 Å². The monoisotopic (exact) mass is 401 g/mol. The Morgan fingerprint density at radius 2 is 1.93 bits per heavy atom. The number of rotatable bonds is 6. The van der Waals surface area contributed by atoms with E-state index in [0.29, 0.717) is 22.7 Å². The van der Waals surface area contributed by atoms with E-state index in [1.165, 1.54) is 18.2 Å². The lowest BCUT2D eigenvalue weighted by Crippen LogP contribution is -2.27. The molecule has 0 saturated heterocycles. The molecule has 1 N–H and O–H groups in total. The molecule has 0 unspecified atom stereocenters. The molecule has 0 bridgehead atoms. The summed E-state index contributed by atoms with van der Waals surface area (Å²) in [5.74, 6) is -0.527. The highest BCUT2D eigenvalue weighted by Crippen LogP contribution is 2.21. The van der Waals surface area contributed by atoms with Gasteiger partial charge in [0.15, 0.2) is 6.61 Å². The normalized spacial score (nSPS) is 10.5. The maximum atomic E-state index is 12.0. The Morgan fingerprint density at radius 3 is 2.68 bits per heavy atom. The molecule has 1 heterocycles. The van der Waals surface area contributed by atoms with Gasteiger partial charge in [-0.1, -0.05) is 17.7 Å². The van der Waals surface area contributed by atoms with E-state index < -0.39 is 17.5 Å². The molecule has 0 spiro atoms. The molecule has 3 aromatic rings. The van der Waals surface area contributed by atoms with E-state index in [2.05, 4.69) is 5.32 Å². The number of benzene rings is 2. The van der Waals surface area contributed by atoms with Crippen LogP contribution in [0.3, 0.4) is 0 Å². The minimum absolute atomic E-state index is 0.0889. The molecule has 3 rings (SSSR count). The van der Waals surface area contributed by atoms with E-state index in [1.54, 1.807) is 37.3 Å². The van der Waals surface area contributed by atoms with Gasteiger partial charge in [-0.25, -0.2) is 9.59 Å². The van der Waals surface area contributed by atoms with Crippen LogP contribution < -0.4 is 20.4 Å². The van der Waals surface area contributed by atoms with Crippen LogP contribution in [0, 0.1) is 0 Å². The summed E-state index contributed by atoms with van der Waals surface area (Å²) in [6.45, 7) is 1.82. The SMILES string of the molecule is CCNC(=O)c1cc2ccc(OC(=O)COc3cccc(Cl)c3)cc2oc1=O. The number of amides is 1. The molecule has 7 nitrogen and oxygen atoms in total. The summed E-state index contributed by atoms with van der Waals surface area (Å²) in [5, 5.41) is 3.56. The standard InChI is InChI=1S/C20H16ClNO6/c1-2-22-19(24)16-8-12-6-7-15(10-17(12)28-20(16)25)27-18(23)11-26-14-5-3-4-13(21)9-14/h3-10H,2,11H2,1H3,(H,22,24). The van der Waals surface area contributed by atoms with Gasteiger partial charge < -0.3 is 19.2 Å². The van der Waals surface area contributed by atoms with Crippen LogP contribution in [0.15, 0.2) is 57.7 Å². The molecule has 0 atom stereocenters. The Hall–Kier alpha value is -3.32. The van der Waals surface area contributed by atoms with Gasteiger partial charge in [0.25, 0.3) is 5.91 Å². The fourth-order valence-corrected chi connectivity index (χ4v) is 2.61. The van der Waals surface area contributed by atoms with Crippen molar-refractivity contribution in [3.63, 3.8) is 0 Å². The zero-order valence-electron chi connectivity index (χ0n) is 14.9. The van der Waals surface area contributed by atoms with Gasteiger partial charge in [-0.15, -0.1) is 0 Å². The van der Waals surface area contributed by atoms with E-state index in [9.17, 15) is 14.4 Å². The Balaban J connectivity index is 1.71. The molecule has 2 aromatic carbocycles. The number of carbonyl (C=O) groups excluding carboxylic acids is 2. The van der Waals surface area contributed by atoms with Crippen LogP contribution in [0.1, 0.15) is 17.3 Å². The van der Waals surface area contributed by atoms with Crippen molar-refractivity contribution in [3.8, 4) is 11.5 Å². The van der Waals surface area contributed by atoms with Crippen molar-refractivity contribution < 1.29 is 23.5 Å². The third kappa shape index (κ3) is 4.69. The molecule has 0 fully saturated rings. The molecule has 0 saturated carbocycles. The zero-order chi connectivity index (χ0) is 20.1. The number of nitrogens with one attached hydrogen (secondary N) is 1. The van der Waals surface area contributed by atoms with Crippen molar-refractivity contribution in [1.29, 1.82) is 0 Å². The number of ether oxygens (including phenoxy) is 2. The van der Waals surface area contributed by atoms with Gasteiger partial charge in [-0.05, 0) is 43.3 Å². The molecule has 28 heavy (non-hydrogen) atoms. The summed E-state index contributed by atoms with van der Waals surface area (Å²) < 4.78 is 15.7. The van der Waals surface area contributed by atoms with E-state index >= 15 is 0 Å². The molecule has 1 amide bonds. The number of esters is 1. The lowest BCUT2D eigenvalue weighted by molar-refractivity contribution is -0.136. The summed E-state index contributed by atoms with van der Waals surface area (Å²) >= 11 is 5.85. The minimum atomic E-state index is -0.772. The quantitative estimate of drug-likeness (QED) is 0.387. The fourth-order valence-electron chi connectivity index (χ4n) is 2.43. The molecular formula is C20H16ClNO6. The van der Waals surface area contributed by atoms with Crippen LogP contribution in [0.25, 0.3) is 11.0 Å². The second kappa shape index (κ2) is 8.58. The summed E-state index contributed by atoms with van der Waals surface area (Å²) in [4.78, 5) is 35.8. The highest BCUT2D eigenvalue weighted by molar-refractivity contribution is 6.30. The van der Waals surface area contributed by atoms with E-state index in [1.807, 2.05) is 0 Å². The highest BCUT2D eigenvalue weighted by atomic mass is 35.5. The van der Waals surface area contributed by atoms with Crippen LogP contribution in [0.4, 0.5) is 0 Å². The van der Waals surface area contributed by atoms with Crippen LogP contribution in [-0.2, 0) is 4.79 Å². The van der Waals surface area contributed by atoms with E-state index in [4.69, 9.17) is 25.5 Å². The Morgan fingerprint density at radius 1 is 1.11 bits per heavy atom. The first kappa shape index (κ1) is 19.4. The molecule has 1 aromatic heterocycles. The molecule has 0 aliphatic heterocycles. The van der Waals surface area contributed by atoms with Crippen molar-refractivity contribution >= 4 is 34.4 Å². The van der Waals surface area contributed by atoms with Crippen LogP contribution >= 0.6 is 11.6 Å². The van der Waals surface area contributed by atoms with Crippen LogP contribution in [-0.4, -0.2) is 25.0 Å². The lowest BCUT2D eigenvalue weighted by atomic mass is 10.1. The number of hydrogen-bond donors (Lipinski definition) is 1. The van der Waals surface area contributed by atoms with Gasteiger partial charge >= 0.3 is 11.6 Å². The fraction of sp³-hybridized carbons (Fsp3) is 0.150. The van der Waals surface area contributed by atoms with Gasteiger partial charge in [0.1, 0.15) is 22.6 Å². The van der Waals surface area contributed by atoms with E-state index in [-0.39, 0.29) is 23.5 Å². The molecule has 0 radical (unpaired) electrons. The first-order valence-corrected chi connectivity index (χ1v) is 8.79. The van der Waals surface area contributed by atoms with Crippen molar-refractivity contribution in [2.45, 2.75) is 6.92 Å². The van der Waals surface area contributed by atoms with Gasteiger partial charge in [0, 0.05) is 23.0 Å².